The second-order valence-electron chi connectivity index (χ2n) is 4.97. The van der Waals surface area contributed by atoms with E-state index in [1.54, 1.807) is 24.3 Å². The topological polar surface area (TPSA) is 93.6 Å². The number of anilines is 2. The molecule has 0 atom stereocenters. The van der Waals surface area contributed by atoms with Crippen LogP contribution in [0.2, 0.25) is 0 Å². The molecule has 114 valence electrons. The Labute approximate surface area is 124 Å². The normalized spacial score (nSPS) is 16.2. The third kappa shape index (κ3) is 5.09. The van der Waals surface area contributed by atoms with E-state index in [1.165, 1.54) is 6.08 Å². The van der Waals surface area contributed by atoms with Crippen LogP contribution < -0.4 is 16.8 Å². The molecule has 1 saturated heterocycles. The molecule has 6 nitrogen and oxygen atoms in total. The summed E-state index contributed by atoms with van der Waals surface area (Å²) in [6.07, 6.45) is 3.15. The van der Waals surface area contributed by atoms with Crippen molar-refractivity contribution in [1.29, 1.82) is 0 Å². The van der Waals surface area contributed by atoms with E-state index >= 15 is 0 Å². The smallest absolute Gasteiger partial charge is 0.244 e. The summed E-state index contributed by atoms with van der Waals surface area (Å²) in [6, 6.07) is 5.20. The van der Waals surface area contributed by atoms with Crippen LogP contribution in [0, 0.1) is 0 Å². The highest BCUT2D eigenvalue weighted by molar-refractivity contribution is 5.92. The molecule has 21 heavy (non-hydrogen) atoms. The van der Waals surface area contributed by atoms with Crippen molar-refractivity contribution in [3.8, 4) is 0 Å². The molecule has 0 saturated carbocycles. The molecule has 1 fully saturated rings. The molecule has 1 aromatic rings. The van der Waals surface area contributed by atoms with Crippen LogP contribution in [0.5, 0.6) is 0 Å². The first-order valence-electron chi connectivity index (χ1n) is 7.06. The highest BCUT2D eigenvalue weighted by Crippen LogP contribution is 2.16. The predicted octanol–water partition coefficient (Wildman–Crippen LogP) is 0.313. The number of amides is 1. The summed E-state index contributed by atoms with van der Waals surface area (Å²) in [5.41, 5.74) is 13.5. The van der Waals surface area contributed by atoms with Crippen LogP contribution in [0.4, 0.5) is 11.4 Å². The molecule has 0 unspecified atom stereocenters. The molecule has 0 bridgehead atoms. The van der Waals surface area contributed by atoms with Crippen molar-refractivity contribution in [3.05, 3.63) is 29.8 Å². The van der Waals surface area contributed by atoms with Crippen molar-refractivity contribution in [2.75, 3.05) is 50.9 Å². The highest BCUT2D eigenvalue weighted by atomic mass is 16.5. The third-order valence-corrected chi connectivity index (χ3v) is 3.36. The number of rotatable bonds is 5. The molecule has 1 heterocycles. The molecule has 1 aliphatic heterocycles. The van der Waals surface area contributed by atoms with Gasteiger partial charge >= 0.3 is 0 Å². The lowest BCUT2D eigenvalue weighted by Crippen LogP contribution is -2.41. The molecule has 1 aromatic carbocycles. The van der Waals surface area contributed by atoms with Gasteiger partial charge in [-0.05, 0) is 29.8 Å². The Balaban J connectivity index is 1.75. The molecule has 0 aliphatic carbocycles. The number of hydrogen-bond acceptors (Lipinski definition) is 5. The van der Waals surface area contributed by atoms with Gasteiger partial charge in [0.15, 0.2) is 0 Å². The van der Waals surface area contributed by atoms with Gasteiger partial charge in [-0.1, -0.05) is 0 Å². The Kier molecular flexibility index (Phi) is 5.59. The lowest BCUT2D eigenvalue weighted by molar-refractivity contribution is -0.116. The Hall–Kier alpha value is -2.05. The van der Waals surface area contributed by atoms with Gasteiger partial charge in [-0.3, -0.25) is 9.69 Å². The van der Waals surface area contributed by atoms with Crippen LogP contribution in [0.15, 0.2) is 24.3 Å². The van der Waals surface area contributed by atoms with Crippen LogP contribution in [0.1, 0.15) is 5.56 Å². The molecule has 2 rings (SSSR count). The van der Waals surface area contributed by atoms with Crippen molar-refractivity contribution in [2.45, 2.75) is 0 Å². The Bertz CT molecular complexity index is 510. The largest absolute Gasteiger partial charge is 0.399 e. The SMILES string of the molecule is Nc1ccc(N)c(/C=C/C(=O)NCCN2CCOCC2)c1. The van der Waals surface area contributed by atoms with E-state index in [-0.39, 0.29) is 5.91 Å². The molecular formula is C15H22N4O2. The number of benzene rings is 1. The fourth-order valence-corrected chi connectivity index (χ4v) is 2.12. The lowest BCUT2D eigenvalue weighted by Gasteiger charge is -2.26. The Morgan fingerprint density at radius 2 is 2.10 bits per heavy atom. The fraction of sp³-hybridized carbons (Fsp3) is 0.400. The molecule has 1 aliphatic rings. The maximum absolute atomic E-state index is 11.7. The van der Waals surface area contributed by atoms with Crippen molar-refractivity contribution in [2.24, 2.45) is 0 Å². The maximum Gasteiger partial charge on any atom is 0.244 e. The van der Waals surface area contributed by atoms with E-state index in [0.717, 1.165) is 38.4 Å². The van der Waals surface area contributed by atoms with Gasteiger partial charge < -0.3 is 21.5 Å². The average Bonchev–Trinajstić information content (AvgIpc) is 2.49. The summed E-state index contributed by atoms with van der Waals surface area (Å²) in [6.45, 7) is 4.83. The van der Waals surface area contributed by atoms with Crippen molar-refractivity contribution in [3.63, 3.8) is 0 Å². The standard InChI is InChI=1S/C15H22N4O2/c16-13-2-3-14(17)12(11-13)1-4-15(20)18-5-6-19-7-9-21-10-8-19/h1-4,11H,5-10,16-17H2,(H,18,20)/b4-1+. The first-order chi connectivity index (χ1) is 10.1. The average molecular weight is 290 g/mol. The van der Waals surface area contributed by atoms with E-state index in [9.17, 15) is 4.79 Å². The molecule has 1 amide bonds. The second kappa shape index (κ2) is 7.66. The number of morpholine rings is 1. The molecule has 0 spiro atoms. The summed E-state index contributed by atoms with van der Waals surface area (Å²) in [7, 11) is 0. The van der Waals surface area contributed by atoms with E-state index < -0.39 is 0 Å². The zero-order chi connectivity index (χ0) is 15.1. The third-order valence-electron chi connectivity index (χ3n) is 3.36. The minimum absolute atomic E-state index is 0.134. The quantitative estimate of drug-likeness (QED) is 0.536. The minimum atomic E-state index is -0.134. The van der Waals surface area contributed by atoms with Crippen molar-refractivity contribution >= 4 is 23.4 Å². The first kappa shape index (κ1) is 15.3. The van der Waals surface area contributed by atoms with Gasteiger partial charge in [-0.2, -0.15) is 0 Å². The number of carbonyl (C=O) groups is 1. The number of nitrogen functional groups attached to an aromatic ring is 2. The number of hydrogen-bond donors (Lipinski definition) is 3. The van der Waals surface area contributed by atoms with Gasteiger partial charge in [0.25, 0.3) is 0 Å². The summed E-state index contributed by atoms with van der Waals surface area (Å²) >= 11 is 0. The number of ether oxygens (including phenoxy) is 1. The molecular weight excluding hydrogens is 268 g/mol. The zero-order valence-electron chi connectivity index (χ0n) is 12.0. The molecule has 6 heteroatoms. The van der Waals surface area contributed by atoms with Gasteiger partial charge in [-0.25, -0.2) is 0 Å². The molecule has 0 radical (unpaired) electrons. The number of nitrogens with two attached hydrogens (primary N) is 2. The molecule has 5 N–H and O–H groups in total. The van der Waals surface area contributed by atoms with Crippen LogP contribution in [0.25, 0.3) is 6.08 Å². The van der Waals surface area contributed by atoms with Gasteiger partial charge in [-0.15, -0.1) is 0 Å². The van der Waals surface area contributed by atoms with Gasteiger partial charge in [0.1, 0.15) is 0 Å². The predicted molar refractivity (Wildman–Crippen MR) is 84.6 cm³/mol. The van der Waals surface area contributed by atoms with E-state index in [2.05, 4.69) is 10.2 Å². The van der Waals surface area contributed by atoms with Crippen LogP contribution in [-0.4, -0.2) is 50.2 Å². The van der Waals surface area contributed by atoms with Crippen LogP contribution >= 0.6 is 0 Å². The minimum Gasteiger partial charge on any atom is -0.399 e. The number of nitrogens with zero attached hydrogens (tertiary/aromatic N) is 1. The monoisotopic (exact) mass is 290 g/mol. The maximum atomic E-state index is 11.7. The highest BCUT2D eigenvalue weighted by Gasteiger charge is 2.09. The zero-order valence-corrected chi connectivity index (χ0v) is 12.0. The summed E-state index contributed by atoms with van der Waals surface area (Å²) in [5.74, 6) is -0.134. The van der Waals surface area contributed by atoms with Crippen molar-refractivity contribution < 1.29 is 9.53 Å². The van der Waals surface area contributed by atoms with E-state index in [4.69, 9.17) is 16.2 Å². The Morgan fingerprint density at radius 3 is 2.86 bits per heavy atom. The summed E-state index contributed by atoms with van der Waals surface area (Å²) < 4.78 is 5.27. The Morgan fingerprint density at radius 1 is 1.33 bits per heavy atom. The van der Waals surface area contributed by atoms with Crippen LogP contribution in [-0.2, 0) is 9.53 Å². The van der Waals surface area contributed by atoms with E-state index in [0.29, 0.717) is 17.9 Å². The van der Waals surface area contributed by atoms with Gasteiger partial charge in [0.2, 0.25) is 5.91 Å². The van der Waals surface area contributed by atoms with E-state index in [1.807, 2.05) is 0 Å². The number of carbonyl (C=O) groups excluding carboxylic acids is 1. The first-order valence-corrected chi connectivity index (χ1v) is 7.06. The number of nitrogens with one attached hydrogen (secondary N) is 1. The second-order valence-corrected chi connectivity index (χ2v) is 4.97. The van der Waals surface area contributed by atoms with Crippen LogP contribution in [0.3, 0.4) is 0 Å². The summed E-state index contributed by atoms with van der Waals surface area (Å²) in [4.78, 5) is 14.0. The van der Waals surface area contributed by atoms with Crippen molar-refractivity contribution in [1.82, 2.24) is 10.2 Å². The summed E-state index contributed by atoms with van der Waals surface area (Å²) in [5, 5.41) is 2.85. The fourth-order valence-electron chi connectivity index (χ4n) is 2.12. The molecule has 0 aromatic heterocycles. The van der Waals surface area contributed by atoms with Gasteiger partial charge in [0, 0.05) is 43.6 Å². The van der Waals surface area contributed by atoms with Gasteiger partial charge in [0.05, 0.1) is 13.2 Å². The lowest BCUT2D eigenvalue weighted by atomic mass is 10.1.